The van der Waals surface area contributed by atoms with Crippen molar-refractivity contribution in [2.45, 2.75) is 56.7 Å². The number of nitrogens with one attached hydrogen (secondary N) is 2. The second kappa shape index (κ2) is 12.2. The van der Waals surface area contributed by atoms with E-state index in [0.29, 0.717) is 0 Å². The number of primary amides is 1. The number of amides is 3. The van der Waals surface area contributed by atoms with Crippen molar-refractivity contribution in [1.82, 2.24) is 10.6 Å². The monoisotopic (exact) mass is 404 g/mol. The van der Waals surface area contributed by atoms with Gasteiger partial charge in [-0.1, -0.05) is 0 Å². The van der Waals surface area contributed by atoms with Crippen LogP contribution in [0.15, 0.2) is 0 Å². The third-order valence-corrected chi connectivity index (χ3v) is 3.58. The Labute approximate surface area is 159 Å². The number of hydrogen-bond donors (Lipinski definition) is 7. The van der Waals surface area contributed by atoms with E-state index in [4.69, 9.17) is 26.8 Å². The van der Waals surface area contributed by atoms with Crippen LogP contribution in [0.5, 0.6) is 0 Å². The zero-order valence-electron chi connectivity index (χ0n) is 14.9. The van der Waals surface area contributed by atoms with Crippen molar-refractivity contribution in [1.29, 1.82) is 0 Å². The summed E-state index contributed by atoms with van der Waals surface area (Å²) < 4.78 is 0. The molecule has 0 spiro atoms. The molecule has 0 aliphatic rings. The van der Waals surface area contributed by atoms with Crippen molar-refractivity contribution < 1.29 is 44.1 Å². The van der Waals surface area contributed by atoms with Crippen LogP contribution in [0, 0.1) is 0 Å². The number of carboxylic acid groups (broad SMARTS) is 3. The van der Waals surface area contributed by atoms with Gasteiger partial charge < -0.3 is 37.4 Å². The van der Waals surface area contributed by atoms with Gasteiger partial charge in [0.25, 0.3) is 0 Å². The van der Waals surface area contributed by atoms with Gasteiger partial charge in [0, 0.05) is 19.3 Å². The predicted molar refractivity (Wildman–Crippen MR) is 91.6 cm³/mol. The molecular weight excluding hydrogens is 380 g/mol. The zero-order valence-corrected chi connectivity index (χ0v) is 14.9. The van der Waals surface area contributed by atoms with E-state index in [-0.39, 0.29) is 19.3 Å². The largest absolute Gasteiger partial charge is 0.481 e. The minimum absolute atomic E-state index is 0.106. The van der Waals surface area contributed by atoms with Gasteiger partial charge in [0.2, 0.25) is 17.7 Å². The molecule has 28 heavy (non-hydrogen) atoms. The second-order valence-corrected chi connectivity index (χ2v) is 5.94. The van der Waals surface area contributed by atoms with Crippen molar-refractivity contribution in [3.8, 4) is 0 Å². The minimum atomic E-state index is -1.55. The summed E-state index contributed by atoms with van der Waals surface area (Å²) in [6, 6.07) is -4.17. The van der Waals surface area contributed by atoms with Crippen LogP contribution in [0.4, 0.5) is 0 Å². The van der Waals surface area contributed by atoms with Crippen LogP contribution in [0.25, 0.3) is 0 Å². The van der Waals surface area contributed by atoms with E-state index in [1.54, 1.807) is 0 Å². The lowest BCUT2D eigenvalue weighted by atomic mass is 10.1. The maximum Gasteiger partial charge on any atom is 0.326 e. The molecule has 158 valence electrons. The van der Waals surface area contributed by atoms with Gasteiger partial charge in [-0.2, -0.15) is 0 Å². The average Bonchev–Trinajstić information content (AvgIpc) is 2.58. The third-order valence-electron chi connectivity index (χ3n) is 3.58. The molecule has 0 aromatic rings. The Morgan fingerprint density at radius 2 is 1.18 bits per heavy atom. The van der Waals surface area contributed by atoms with E-state index in [0.717, 1.165) is 0 Å². The van der Waals surface area contributed by atoms with Crippen molar-refractivity contribution in [2.75, 3.05) is 0 Å². The van der Waals surface area contributed by atoms with E-state index in [1.165, 1.54) is 0 Å². The van der Waals surface area contributed by atoms with Crippen molar-refractivity contribution in [2.24, 2.45) is 11.5 Å². The highest BCUT2D eigenvalue weighted by molar-refractivity contribution is 5.92. The highest BCUT2D eigenvalue weighted by Crippen LogP contribution is 2.04. The summed E-state index contributed by atoms with van der Waals surface area (Å²) in [6.45, 7) is 0. The number of carboxylic acids is 3. The Morgan fingerprint density at radius 1 is 0.714 bits per heavy atom. The minimum Gasteiger partial charge on any atom is -0.481 e. The fourth-order valence-corrected chi connectivity index (χ4v) is 2.04. The lowest BCUT2D eigenvalue weighted by molar-refractivity contribution is -0.144. The molecule has 0 aromatic carbocycles. The lowest BCUT2D eigenvalue weighted by Gasteiger charge is -2.22. The van der Waals surface area contributed by atoms with Crippen LogP contribution in [0.2, 0.25) is 0 Å². The summed E-state index contributed by atoms with van der Waals surface area (Å²) in [5, 5.41) is 30.7. The fraction of sp³-hybridized carbons (Fsp3) is 0.600. The third kappa shape index (κ3) is 10.7. The number of carbonyl (C=O) groups is 6. The summed E-state index contributed by atoms with van der Waals surface area (Å²) in [5.41, 5.74) is 10.5. The summed E-state index contributed by atoms with van der Waals surface area (Å²) in [6.07, 6.45) is -2.10. The molecule has 3 unspecified atom stereocenters. The Kier molecular flexibility index (Phi) is 10.8. The molecule has 0 aliphatic heterocycles. The van der Waals surface area contributed by atoms with Gasteiger partial charge >= 0.3 is 17.9 Å². The smallest absolute Gasteiger partial charge is 0.326 e. The van der Waals surface area contributed by atoms with E-state index >= 15 is 0 Å². The molecule has 3 amide bonds. The molecule has 0 fully saturated rings. The molecule has 9 N–H and O–H groups in total. The Bertz CT molecular complexity index is 623. The first-order valence-electron chi connectivity index (χ1n) is 8.25. The number of carbonyl (C=O) groups excluding carboxylic acids is 3. The quantitative estimate of drug-likeness (QED) is 0.159. The molecular formula is C15H24N4O9. The maximum absolute atomic E-state index is 12.3. The normalized spacial score (nSPS) is 13.6. The molecule has 0 aliphatic carbocycles. The highest BCUT2D eigenvalue weighted by atomic mass is 16.4. The van der Waals surface area contributed by atoms with Crippen LogP contribution in [0.3, 0.4) is 0 Å². The van der Waals surface area contributed by atoms with E-state index in [9.17, 15) is 28.8 Å². The first-order chi connectivity index (χ1) is 12.9. The molecule has 0 saturated heterocycles. The van der Waals surface area contributed by atoms with Crippen LogP contribution in [-0.2, 0) is 28.8 Å². The van der Waals surface area contributed by atoms with Gasteiger partial charge in [-0.3, -0.25) is 24.0 Å². The first-order valence-corrected chi connectivity index (χ1v) is 8.25. The zero-order chi connectivity index (χ0) is 21.9. The Morgan fingerprint density at radius 3 is 1.61 bits per heavy atom. The summed E-state index contributed by atoms with van der Waals surface area (Å²) in [4.78, 5) is 67.6. The summed E-state index contributed by atoms with van der Waals surface area (Å²) >= 11 is 0. The second-order valence-electron chi connectivity index (χ2n) is 5.94. The van der Waals surface area contributed by atoms with E-state index < -0.39 is 73.0 Å². The molecule has 0 aromatic heterocycles. The fourth-order valence-electron chi connectivity index (χ4n) is 2.04. The predicted octanol–water partition coefficient (Wildman–Crippen LogP) is -2.64. The molecule has 0 rings (SSSR count). The molecule has 0 bridgehead atoms. The van der Waals surface area contributed by atoms with Crippen LogP contribution < -0.4 is 22.1 Å². The van der Waals surface area contributed by atoms with Crippen LogP contribution >= 0.6 is 0 Å². The number of aliphatic carboxylic acids is 3. The molecule has 13 heteroatoms. The molecule has 0 saturated carbocycles. The van der Waals surface area contributed by atoms with Gasteiger partial charge in [0.1, 0.15) is 12.1 Å². The average molecular weight is 404 g/mol. The van der Waals surface area contributed by atoms with Crippen molar-refractivity contribution in [3.63, 3.8) is 0 Å². The number of hydrogen-bond acceptors (Lipinski definition) is 7. The van der Waals surface area contributed by atoms with Crippen molar-refractivity contribution >= 4 is 35.6 Å². The Hall–Kier alpha value is -3.22. The standard InChI is InChI=1S/C15H24N4O9/c16-7(1-4-10(17)20)13(25)18-8(2-5-11(21)22)14(26)19-9(15(27)28)3-6-12(23)24/h7-9H,1-6,16H2,(H2,17,20)(H,18,25)(H,19,26)(H,21,22)(H,23,24)(H,27,28). The first kappa shape index (κ1) is 24.8. The Balaban J connectivity index is 5.08. The van der Waals surface area contributed by atoms with Crippen LogP contribution in [-0.4, -0.2) is 69.1 Å². The summed E-state index contributed by atoms with van der Waals surface area (Å²) in [7, 11) is 0. The SMILES string of the molecule is NC(=O)CCC(N)C(=O)NC(CCC(=O)O)C(=O)NC(CCC(=O)O)C(=O)O. The van der Waals surface area contributed by atoms with Gasteiger partial charge in [-0.05, 0) is 19.3 Å². The van der Waals surface area contributed by atoms with Gasteiger partial charge in [-0.25, -0.2) is 4.79 Å². The number of rotatable bonds is 14. The van der Waals surface area contributed by atoms with Gasteiger partial charge in [0.05, 0.1) is 6.04 Å². The summed E-state index contributed by atoms with van der Waals surface area (Å²) in [5.74, 6) is -6.57. The van der Waals surface area contributed by atoms with E-state index in [2.05, 4.69) is 10.6 Å². The number of nitrogens with two attached hydrogens (primary N) is 2. The highest BCUT2D eigenvalue weighted by Gasteiger charge is 2.28. The molecule has 13 nitrogen and oxygen atoms in total. The van der Waals surface area contributed by atoms with Gasteiger partial charge in [-0.15, -0.1) is 0 Å². The lowest BCUT2D eigenvalue weighted by Crippen LogP contribution is -2.54. The molecule has 3 atom stereocenters. The molecule has 0 heterocycles. The topological polar surface area (TPSA) is 239 Å². The van der Waals surface area contributed by atoms with Gasteiger partial charge in [0.15, 0.2) is 0 Å². The molecule has 0 radical (unpaired) electrons. The van der Waals surface area contributed by atoms with E-state index in [1.807, 2.05) is 0 Å². The maximum atomic E-state index is 12.3. The van der Waals surface area contributed by atoms with Crippen molar-refractivity contribution in [3.05, 3.63) is 0 Å². The van der Waals surface area contributed by atoms with Crippen LogP contribution in [0.1, 0.15) is 38.5 Å².